The van der Waals surface area contributed by atoms with E-state index >= 15 is 0 Å². The Balaban J connectivity index is 1.00. The van der Waals surface area contributed by atoms with E-state index < -0.39 is 0 Å². The molecular weight excluding hydrogens is 677 g/mol. The van der Waals surface area contributed by atoms with E-state index in [1.165, 1.54) is 44.5 Å². The van der Waals surface area contributed by atoms with Gasteiger partial charge in [0.15, 0.2) is 0 Å². The lowest BCUT2D eigenvalue weighted by atomic mass is 9.99. The molecule has 9 aromatic rings. The molecule has 0 spiro atoms. The molecule has 0 radical (unpaired) electrons. The van der Waals surface area contributed by atoms with Crippen LogP contribution in [0.15, 0.2) is 243 Å². The molecule has 0 atom stereocenters. The number of rotatable bonds is 10. The van der Waals surface area contributed by atoms with Crippen LogP contribution in [0.25, 0.3) is 44.5 Å². The summed E-state index contributed by atoms with van der Waals surface area (Å²) in [6.07, 6.45) is 0. The van der Waals surface area contributed by atoms with Crippen molar-refractivity contribution in [2.24, 2.45) is 0 Å². The van der Waals surface area contributed by atoms with E-state index in [-0.39, 0.29) is 0 Å². The summed E-state index contributed by atoms with van der Waals surface area (Å²) in [5.41, 5.74) is 16.2. The lowest BCUT2D eigenvalue weighted by Crippen LogP contribution is -2.09. The van der Waals surface area contributed by atoms with Crippen molar-refractivity contribution in [2.75, 3.05) is 9.80 Å². The second-order valence-electron chi connectivity index (χ2n) is 13.8. The average molecular weight is 717 g/mol. The van der Waals surface area contributed by atoms with Crippen molar-refractivity contribution in [2.45, 2.75) is 0 Å². The van der Waals surface area contributed by atoms with Crippen LogP contribution in [0.3, 0.4) is 0 Å². The van der Waals surface area contributed by atoms with Crippen LogP contribution in [0, 0.1) is 0 Å². The third-order valence-corrected chi connectivity index (χ3v) is 10.3. The molecular formula is C54H40N2. The fraction of sp³-hybridized carbons (Fsp3) is 0. The maximum Gasteiger partial charge on any atom is 0.0467 e. The molecule has 56 heavy (non-hydrogen) atoms. The minimum atomic E-state index is 1.10. The topological polar surface area (TPSA) is 6.48 Å². The van der Waals surface area contributed by atoms with Crippen molar-refractivity contribution < 1.29 is 0 Å². The molecule has 2 heteroatoms. The molecule has 0 heterocycles. The normalized spacial score (nSPS) is 10.9. The summed E-state index contributed by atoms with van der Waals surface area (Å²) < 4.78 is 0. The fourth-order valence-corrected chi connectivity index (χ4v) is 7.40. The average Bonchev–Trinajstić information content (AvgIpc) is 3.29. The van der Waals surface area contributed by atoms with Crippen LogP contribution in [-0.4, -0.2) is 0 Å². The third-order valence-electron chi connectivity index (χ3n) is 10.3. The highest BCUT2D eigenvalue weighted by Crippen LogP contribution is 2.39. The van der Waals surface area contributed by atoms with Crippen LogP contribution < -0.4 is 9.80 Å². The zero-order chi connectivity index (χ0) is 37.5. The van der Waals surface area contributed by atoms with Gasteiger partial charge in [0, 0.05) is 34.1 Å². The predicted octanol–water partition coefficient (Wildman–Crippen LogP) is 15.3. The van der Waals surface area contributed by atoms with Crippen molar-refractivity contribution in [3.05, 3.63) is 243 Å². The van der Waals surface area contributed by atoms with Crippen molar-refractivity contribution in [3.63, 3.8) is 0 Å². The summed E-state index contributed by atoms with van der Waals surface area (Å²) in [7, 11) is 0. The number of nitrogens with zero attached hydrogens (tertiary/aromatic N) is 2. The summed E-state index contributed by atoms with van der Waals surface area (Å²) >= 11 is 0. The van der Waals surface area contributed by atoms with Gasteiger partial charge in [0.05, 0.1) is 0 Å². The molecule has 9 aromatic carbocycles. The standard InChI is InChI=1S/C54H40N2/c1-5-14-41(15-6-1)44-28-34-51(35-29-44)55(52-36-30-45(31-37-52)42-16-7-2-8-17-42)53-38-32-46(33-39-53)43-24-26-47(27-25-43)48-18-13-23-54(40-48)56(49-19-9-3-10-20-49)50-21-11-4-12-22-50/h1-40H. The Hall–Kier alpha value is -7.42. The molecule has 0 amide bonds. The van der Waals surface area contributed by atoms with E-state index in [0.717, 1.165) is 34.1 Å². The summed E-state index contributed by atoms with van der Waals surface area (Å²) in [5.74, 6) is 0. The van der Waals surface area contributed by atoms with Crippen LogP contribution >= 0.6 is 0 Å². The molecule has 0 aliphatic heterocycles. The molecule has 0 aliphatic rings. The van der Waals surface area contributed by atoms with Crippen molar-refractivity contribution in [3.8, 4) is 44.5 Å². The van der Waals surface area contributed by atoms with Gasteiger partial charge in [-0.25, -0.2) is 0 Å². The molecule has 9 rings (SSSR count). The van der Waals surface area contributed by atoms with Crippen LogP contribution in [0.1, 0.15) is 0 Å². The first-order chi connectivity index (χ1) is 27.8. The number of anilines is 6. The summed E-state index contributed by atoms with van der Waals surface area (Å²) in [6.45, 7) is 0. The van der Waals surface area contributed by atoms with Gasteiger partial charge < -0.3 is 9.80 Å². The number of para-hydroxylation sites is 2. The van der Waals surface area contributed by atoms with Gasteiger partial charge in [-0.05, 0) is 117 Å². The van der Waals surface area contributed by atoms with Gasteiger partial charge in [-0.15, -0.1) is 0 Å². The molecule has 0 unspecified atom stereocenters. The number of benzene rings is 9. The summed E-state index contributed by atoms with van der Waals surface area (Å²) in [4.78, 5) is 4.63. The maximum absolute atomic E-state index is 2.33. The van der Waals surface area contributed by atoms with E-state index in [4.69, 9.17) is 0 Å². The highest BCUT2D eigenvalue weighted by Gasteiger charge is 2.15. The van der Waals surface area contributed by atoms with Crippen molar-refractivity contribution in [1.29, 1.82) is 0 Å². The minimum Gasteiger partial charge on any atom is -0.311 e. The summed E-state index contributed by atoms with van der Waals surface area (Å²) in [6, 6.07) is 86.5. The van der Waals surface area contributed by atoms with Gasteiger partial charge in [-0.2, -0.15) is 0 Å². The quantitative estimate of drug-likeness (QED) is 0.139. The highest BCUT2D eigenvalue weighted by atomic mass is 15.1. The molecule has 0 aliphatic carbocycles. The van der Waals surface area contributed by atoms with E-state index in [9.17, 15) is 0 Å². The molecule has 0 fully saturated rings. The van der Waals surface area contributed by atoms with Crippen LogP contribution in [0.5, 0.6) is 0 Å². The van der Waals surface area contributed by atoms with E-state index in [0.29, 0.717) is 0 Å². The predicted molar refractivity (Wildman–Crippen MR) is 238 cm³/mol. The molecule has 266 valence electrons. The monoisotopic (exact) mass is 716 g/mol. The highest BCUT2D eigenvalue weighted by molar-refractivity contribution is 5.83. The smallest absolute Gasteiger partial charge is 0.0467 e. The molecule has 0 saturated carbocycles. The zero-order valence-corrected chi connectivity index (χ0v) is 31.0. The van der Waals surface area contributed by atoms with Crippen LogP contribution in [0.2, 0.25) is 0 Å². The molecule has 0 saturated heterocycles. The minimum absolute atomic E-state index is 1.10. The van der Waals surface area contributed by atoms with Crippen molar-refractivity contribution in [1.82, 2.24) is 0 Å². The van der Waals surface area contributed by atoms with E-state index in [2.05, 4.69) is 252 Å². The lowest BCUT2D eigenvalue weighted by Gasteiger charge is -2.26. The third kappa shape index (κ3) is 7.37. The van der Waals surface area contributed by atoms with E-state index in [1.807, 2.05) is 0 Å². The van der Waals surface area contributed by atoms with E-state index in [1.54, 1.807) is 0 Å². The van der Waals surface area contributed by atoms with Gasteiger partial charge in [0.25, 0.3) is 0 Å². The first-order valence-corrected chi connectivity index (χ1v) is 19.1. The Morgan fingerprint density at radius 1 is 0.161 bits per heavy atom. The van der Waals surface area contributed by atoms with Gasteiger partial charge in [-0.1, -0.05) is 170 Å². The first-order valence-electron chi connectivity index (χ1n) is 19.1. The second-order valence-corrected chi connectivity index (χ2v) is 13.8. The Kier molecular flexibility index (Phi) is 9.75. The van der Waals surface area contributed by atoms with Crippen LogP contribution in [-0.2, 0) is 0 Å². The molecule has 0 bridgehead atoms. The fourth-order valence-electron chi connectivity index (χ4n) is 7.40. The molecule has 0 N–H and O–H groups in total. The van der Waals surface area contributed by atoms with Gasteiger partial charge in [0.1, 0.15) is 0 Å². The Labute approximate surface area is 329 Å². The number of hydrogen-bond acceptors (Lipinski definition) is 2. The maximum atomic E-state index is 2.33. The SMILES string of the molecule is c1ccc(-c2ccc(N(c3ccc(-c4ccccc4)cc3)c3ccc(-c4ccc(-c5cccc(N(c6ccccc6)c6ccccc6)c5)cc4)cc3)cc2)cc1. The Morgan fingerprint density at radius 3 is 0.768 bits per heavy atom. The second kappa shape index (κ2) is 15.9. The van der Waals surface area contributed by atoms with Gasteiger partial charge in [-0.3, -0.25) is 0 Å². The summed E-state index contributed by atoms with van der Waals surface area (Å²) in [5, 5.41) is 0. The number of hydrogen-bond donors (Lipinski definition) is 0. The van der Waals surface area contributed by atoms with Crippen LogP contribution in [0.4, 0.5) is 34.1 Å². The lowest BCUT2D eigenvalue weighted by molar-refractivity contribution is 1.28. The van der Waals surface area contributed by atoms with Gasteiger partial charge in [0.2, 0.25) is 0 Å². The largest absolute Gasteiger partial charge is 0.311 e. The molecule has 2 nitrogen and oxygen atoms in total. The zero-order valence-electron chi connectivity index (χ0n) is 31.0. The van der Waals surface area contributed by atoms with Gasteiger partial charge >= 0.3 is 0 Å². The first kappa shape index (κ1) is 34.4. The molecule has 0 aromatic heterocycles. The Morgan fingerprint density at radius 2 is 0.393 bits per heavy atom. The Bertz CT molecular complexity index is 2500. The van der Waals surface area contributed by atoms with Crippen molar-refractivity contribution >= 4 is 34.1 Å².